The number of aryl methyl sites for hydroxylation is 1. The van der Waals surface area contributed by atoms with Gasteiger partial charge in [-0.1, -0.05) is 48.5 Å². The summed E-state index contributed by atoms with van der Waals surface area (Å²) in [6.45, 7) is 2.00. The Hall–Kier alpha value is -3.72. The quantitative estimate of drug-likeness (QED) is 0.373. The number of amides is 2. The van der Waals surface area contributed by atoms with Crippen molar-refractivity contribution in [3.63, 3.8) is 0 Å². The van der Waals surface area contributed by atoms with Gasteiger partial charge in [0.25, 0.3) is 0 Å². The lowest BCUT2D eigenvalue weighted by molar-refractivity contribution is -0.137. The molecule has 35 heavy (non-hydrogen) atoms. The average Bonchev–Trinajstić information content (AvgIpc) is 3.42. The highest BCUT2D eigenvalue weighted by Crippen LogP contribution is 2.44. The molecule has 0 saturated carbocycles. The first-order chi connectivity index (χ1) is 16.9. The molecule has 0 aliphatic heterocycles. The number of carboxylic acid groups (broad SMARTS) is 1. The van der Waals surface area contributed by atoms with Gasteiger partial charge in [0.15, 0.2) is 5.13 Å². The molecule has 0 radical (unpaired) electrons. The van der Waals surface area contributed by atoms with Crippen LogP contribution in [-0.4, -0.2) is 40.7 Å². The molecular weight excluding hydrogens is 466 g/mol. The van der Waals surface area contributed by atoms with E-state index in [1.165, 1.54) is 22.5 Å². The Labute approximate surface area is 207 Å². The minimum Gasteiger partial charge on any atom is -0.481 e. The molecule has 1 atom stereocenters. The topological polar surface area (TPSA) is 118 Å². The van der Waals surface area contributed by atoms with Crippen LogP contribution in [-0.2, 0) is 20.7 Å². The van der Waals surface area contributed by atoms with Crippen LogP contribution >= 0.6 is 11.3 Å². The van der Waals surface area contributed by atoms with Gasteiger partial charge in [-0.25, -0.2) is 9.78 Å². The first-order valence-corrected chi connectivity index (χ1v) is 12.3. The van der Waals surface area contributed by atoms with E-state index in [0.29, 0.717) is 18.0 Å². The van der Waals surface area contributed by atoms with Crippen LogP contribution in [0.4, 0.5) is 9.93 Å². The van der Waals surface area contributed by atoms with Gasteiger partial charge >= 0.3 is 12.1 Å². The first kappa shape index (κ1) is 24.4. The molecule has 3 aromatic rings. The Morgan fingerprint density at radius 3 is 2.37 bits per heavy atom. The first-order valence-electron chi connectivity index (χ1n) is 11.5. The molecule has 1 aliphatic rings. The number of aliphatic carboxylic acids is 1. The van der Waals surface area contributed by atoms with Crippen molar-refractivity contribution in [2.24, 2.45) is 0 Å². The summed E-state index contributed by atoms with van der Waals surface area (Å²) in [6, 6.07) is 16.1. The minimum atomic E-state index is -0.882. The van der Waals surface area contributed by atoms with Crippen molar-refractivity contribution >= 4 is 34.4 Å². The molecule has 2 amide bonds. The van der Waals surface area contributed by atoms with E-state index in [1.54, 1.807) is 13.1 Å². The maximum absolute atomic E-state index is 12.4. The van der Waals surface area contributed by atoms with Gasteiger partial charge in [-0.2, -0.15) is 0 Å². The lowest BCUT2D eigenvalue weighted by Gasteiger charge is -2.14. The normalized spacial score (nSPS) is 12.9. The molecule has 1 aromatic heterocycles. The third-order valence-corrected chi connectivity index (χ3v) is 6.88. The van der Waals surface area contributed by atoms with Crippen LogP contribution < -0.4 is 10.6 Å². The van der Waals surface area contributed by atoms with Crippen LogP contribution in [0.15, 0.2) is 54.7 Å². The molecular formula is C26H27N3O5S. The van der Waals surface area contributed by atoms with Crippen molar-refractivity contribution in [3.05, 3.63) is 70.7 Å². The summed E-state index contributed by atoms with van der Waals surface area (Å²) in [4.78, 5) is 40.2. The van der Waals surface area contributed by atoms with Crippen molar-refractivity contribution in [1.82, 2.24) is 10.3 Å². The number of carbonyl (C=O) groups excluding carboxylic acids is 2. The standard InChI is InChI=1S/C26H27N3O5S/c1-16(10-13-24(31)32)28-23(30)12-11-17-14-27-25(35-17)29-26(33)34-15-22-20-8-4-2-6-18(20)19-7-3-5-9-21(19)22/h2-9,14,16,22H,10-13,15H2,1H3,(H,28,30)(H,31,32)(H,27,29,33). The van der Waals surface area contributed by atoms with Crippen molar-refractivity contribution in [2.45, 2.75) is 44.6 Å². The summed E-state index contributed by atoms with van der Waals surface area (Å²) in [7, 11) is 0. The molecule has 3 N–H and O–H groups in total. The van der Waals surface area contributed by atoms with Crippen LogP contribution in [0.5, 0.6) is 0 Å². The zero-order valence-corrected chi connectivity index (χ0v) is 20.1. The van der Waals surface area contributed by atoms with Crippen LogP contribution in [0.2, 0.25) is 0 Å². The molecule has 4 rings (SSSR count). The smallest absolute Gasteiger partial charge is 0.413 e. The predicted molar refractivity (Wildman–Crippen MR) is 134 cm³/mol. The summed E-state index contributed by atoms with van der Waals surface area (Å²) in [5.74, 6) is -1.05. The summed E-state index contributed by atoms with van der Waals surface area (Å²) < 4.78 is 5.55. The van der Waals surface area contributed by atoms with Crippen molar-refractivity contribution in [1.29, 1.82) is 0 Å². The summed E-state index contributed by atoms with van der Waals surface area (Å²) in [5.41, 5.74) is 4.63. The van der Waals surface area contributed by atoms with Gasteiger partial charge in [-0.15, -0.1) is 11.3 Å². The highest BCUT2D eigenvalue weighted by atomic mass is 32.1. The molecule has 182 valence electrons. The number of carbonyl (C=O) groups is 3. The molecule has 0 saturated heterocycles. The molecule has 9 heteroatoms. The SMILES string of the molecule is CC(CCC(=O)O)NC(=O)CCc1cnc(NC(=O)OCC2c3ccccc3-c3ccccc32)s1. The van der Waals surface area contributed by atoms with Gasteiger partial charge in [-0.05, 0) is 42.0 Å². The second-order valence-corrected chi connectivity index (χ2v) is 9.60. The summed E-state index contributed by atoms with van der Waals surface area (Å²) in [6.07, 6.45) is 2.19. The maximum Gasteiger partial charge on any atom is 0.413 e. The Balaban J connectivity index is 1.25. The van der Waals surface area contributed by atoms with Crippen LogP contribution in [0, 0.1) is 0 Å². The Kier molecular flexibility index (Phi) is 7.77. The Morgan fingerprint density at radius 2 is 1.71 bits per heavy atom. The molecule has 0 bridgehead atoms. The largest absolute Gasteiger partial charge is 0.481 e. The number of benzene rings is 2. The molecule has 0 spiro atoms. The zero-order chi connectivity index (χ0) is 24.8. The fourth-order valence-electron chi connectivity index (χ4n) is 4.20. The second kappa shape index (κ2) is 11.1. The van der Waals surface area contributed by atoms with Crippen LogP contribution in [0.3, 0.4) is 0 Å². The number of aromatic nitrogens is 1. The number of nitrogens with one attached hydrogen (secondary N) is 2. The second-order valence-electron chi connectivity index (χ2n) is 8.48. The number of hydrogen-bond acceptors (Lipinski definition) is 6. The third kappa shape index (κ3) is 6.24. The van der Waals surface area contributed by atoms with Gasteiger partial charge in [0, 0.05) is 35.9 Å². The van der Waals surface area contributed by atoms with Gasteiger partial charge in [0.2, 0.25) is 5.91 Å². The number of fused-ring (bicyclic) bond motifs is 3. The number of rotatable bonds is 10. The third-order valence-electron chi connectivity index (χ3n) is 5.90. The van der Waals surface area contributed by atoms with E-state index < -0.39 is 12.1 Å². The number of ether oxygens (including phenoxy) is 1. The van der Waals surface area contributed by atoms with E-state index in [-0.39, 0.29) is 37.3 Å². The van der Waals surface area contributed by atoms with E-state index in [1.807, 2.05) is 24.3 Å². The van der Waals surface area contributed by atoms with Gasteiger partial charge in [0.1, 0.15) is 6.61 Å². The molecule has 2 aromatic carbocycles. The molecule has 8 nitrogen and oxygen atoms in total. The van der Waals surface area contributed by atoms with Crippen molar-refractivity contribution in [2.75, 3.05) is 11.9 Å². The van der Waals surface area contributed by atoms with Crippen molar-refractivity contribution < 1.29 is 24.2 Å². The van der Waals surface area contributed by atoms with E-state index in [2.05, 4.69) is 39.9 Å². The van der Waals surface area contributed by atoms with E-state index >= 15 is 0 Å². The van der Waals surface area contributed by atoms with E-state index in [0.717, 1.165) is 16.0 Å². The lowest BCUT2D eigenvalue weighted by Crippen LogP contribution is -2.33. The molecule has 1 aliphatic carbocycles. The number of thiazole rings is 1. The van der Waals surface area contributed by atoms with Gasteiger partial charge in [0.05, 0.1) is 0 Å². The monoisotopic (exact) mass is 493 g/mol. The minimum absolute atomic E-state index is 0.0151. The van der Waals surface area contributed by atoms with Crippen LogP contribution in [0.25, 0.3) is 11.1 Å². The maximum atomic E-state index is 12.4. The molecule has 1 unspecified atom stereocenters. The fraction of sp³-hybridized carbons (Fsp3) is 0.308. The number of carboxylic acids is 1. The molecule has 1 heterocycles. The van der Waals surface area contributed by atoms with E-state index in [4.69, 9.17) is 9.84 Å². The highest BCUT2D eigenvalue weighted by molar-refractivity contribution is 7.15. The van der Waals surface area contributed by atoms with Crippen LogP contribution in [0.1, 0.15) is 48.1 Å². The fourth-order valence-corrected chi connectivity index (χ4v) is 5.00. The number of hydrogen-bond donors (Lipinski definition) is 3. The van der Waals surface area contributed by atoms with Gasteiger partial charge in [-0.3, -0.25) is 14.9 Å². The Bertz CT molecular complexity index is 1180. The lowest BCUT2D eigenvalue weighted by atomic mass is 9.98. The molecule has 0 fully saturated rings. The van der Waals surface area contributed by atoms with Crippen molar-refractivity contribution in [3.8, 4) is 11.1 Å². The summed E-state index contributed by atoms with van der Waals surface area (Å²) >= 11 is 1.29. The highest BCUT2D eigenvalue weighted by Gasteiger charge is 2.29. The van der Waals surface area contributed by atoms with Gasteiger partial charge < -0.3 is 15.2 Å². The zero-order valence-electron chi connectivity index (χ0n) is 19.3. The van der Waals surface area contributed by atoms with E-state index in [9.17, 15) is 14.4 Å². The summed E-state index contributed by atoms with van der Waals surface area (Å²) in [5, 5.41) is 14.6. The predicted octanol–water partition coefficient (Wildman–Crippen LogP) is 4.81. The number of nitrogens with zero attached hydrogens (tertiary/aromatic N) is 1. The Morgan fingerprint density at radius 1 is 1.06 bits per heavy atom. The average molecular weight is 494 g/mol. The number of anilines is 1.